The van der Waals surface area contributed by atoms with Crippen molar-refractivity contribution >= 4 is 29.7 Å². The Morgan fingerprint density at radius 2 is 1.61 bits per heavy atom. The highest BCUT2D eigenvalue weighted by molar-refractivity contribution is 6.21. The highest BCUT2D eigenvalue weighted by atomic mass is 16.7. The Hall–Kier alpha value is -4.01. The van der Waals surface area contributed by atoms with Gasteiger partial charge in [0.25, 0.3) is 17.7 Å². The topological polar surface area (TPSA) is 122 Å². The van der Waals surface area contributed by atoms with Gasteiger partial charge in [0.1, 0.15) is 5.54 Å². The van der Waals surface area contributed by atoms with Gasteiger partial charge in [-0.2, -0.15) is 0 Å². The van der Waals surface area contributed by atoms with Crippen molar-refractivity contribution in [1.29, 1.82) is 0 Å². The molecule has 2 aromatic rings. The first-order valence-corrected chi connectivity index (χ1v) is 8.25. The SMILES string of the molecule is CC1(c2cccc(C(=O)ON3C(=O)c4ccccc4C3=O)c2)NC(=O)NC1=O. The fourth-order valence-electron chi connectivity index (χ4n) is 3.09. The van der Waals surface area contributed by atoms with Crippen LogP contribution in [0.25, 0.3) is 0 Å². The first-order chi connectivity index (χ1) is 13.3. The van der Waals surface area contributed by atoms with Crippen molar-refractivity contribution in [2.75, 3.05) is 0 Å². The van der Waals surface area contributed by atoms with Gasteiger partial charge in [-0.25, -0.2) is 9.59 Å². The summed E-state index contributed by atoms with van der Waals surface area (Å²) in [5.41, 5.74) is -0.723. The lowest BCUT2D eigenvalue weighted by molar-refractivity contribution is -0.123. The molecule has 2 aliphatic heterocycles. The zero-order valence-corrected chi connectivity index (χ0v) is 14.5. The molecule has 5 amide bonds. The molecule has 2 N–H and O–H groups in total. The normalized spacial score (nSPS) is 20.7. The molecule has 2 heterocycles. The Bertz CT molecular complexity index is 1040. The van der Waals surface area contributed by atoms with E-state index >= 15 is 0 Å². The summed E-state index contributed by atoms with van der Waals surface area (Å²) in [6.07, 6.45) is 0. The molecule has 0 aliphatic carbocycles. The molecule has 9 heteroatoms. The molecular formula is C19H13N3O6. The first kappa shape index (κ1) is 17.4. The summed E-state index contributed by atoms with van der Waals surface area (Å²) >= 11 is 0. The van der Waals surface area contributed by atoms with Crippen LogP contribution < -0.4 is 10.6 Å². The van der Waals surface area contributed by atoms with Crippen molar-refractivity contribution in [3.8, 4) is 0 Å². The molecule has 1 unspecified atom stereocenters. The minimum absolute atomic E-state index is 0.00392. The largest absolute Gasteiger partial charge is 0.363 e. The second kappa shape index (κ2) is 6.02. The Balaban J connectivity index is 1.59. The maximum Gasteiger partial charge on any atom is 0.363 e. The van der Waals surface area contributed by atoms with Crippen molar-refractivity contribution in [2.24, 2.45) is 0 Å². The summed E-state index contributed by atoms with van der Waals surface area (Å²) in [5, 5.41) is 5.03. The number of hydrogen-bond donors (Lipinski definition) is 2. The highest BCUT2D eigenvalue weighted by Gasteiger charge is 2.44. The zero-order chi connectivity index (χ0) is 20.1. The number of urea groups is 1. The van der Waals surface area contributed by atoms with Crippen LogP contribution in [0.5, 0.6) is 0 Å². The van der Waals surface area contributed by atoms with Gasteiger partial charge < -0.3 is 10.2 Å². The van der Waals surface area contributed by atoms with Gasteiger partial charge in [0.2, 0.25) is 0 Å². The molecular weight excluding hydrogens is 366 g/mol. The number of nitrogens with zero attached hydrogens (tertiary/aromatic N) is 1. The van der Waals surface area contributed by atoms with Crippen LogP contribution in [0.4, 0.5) is 4.79 Å². The van der Waals surface area contributed by atoms with Gasteiger partial charge in [-0.3, -0.25) is 19.7 Å². The number of hydroxylamine groups is 2. The summed E-state index contributed by atoms with van der Waals surface area (Å²) in [5.74, 6) is -2.99. The van der Waals surface area contributed by atoms with Gasteiger partial charge >= 0.3 is 12.0 Å². The van der Waals surface area contributed by atoms with E-state index in [1.807, 2.05) is 0 Å². The van der Waals surface area contributed by atoms with Crippen LogP contribution in [-0.4, -0.2) is 34.8 Å². The molecule has 0 bridgehead atoms. The first-order valence-electron chi connectivity index (χ1n) is 8.25. The third-order valence-electron chi connectivity index (χ3n) is 4.65. The fourth-order valence-corrected chi connectivity index (χ4v) is 3.09. The molecule has 0 spiro atoms. The van der Waals surface area contributed by atoms with Gasteiger partial charge in [0, 0.05) is 0 Å². The Morgan fingerprint density at radius 3 is 2.18 bits per heavy atom. The molecule has 0 radical (unpaired) electrons. The summed E-state index contributed by atoms with van der Waals surface area (Å²) in [6, 6.07) is 11.3. The van der Waals surface area contributed by atoms with Gasteiger partial charge in [0.05, 0.1) is 16.7 Å². The summed E-state index contributed by atoms with van der Waals surface area (Å²) in [6.45, 7) is 1.49. The third kappa shape index (κ3) is 2.52. The number of rotatable bonds is 3. The molecule has 1 atom stereocenters. The molecule has 2 aliphatic rings. The number of hydrogen-bond acceptors (Lipinski definition) is 6. The predicted molar refractivity (Wildman–Crippen MR) is 92.8 cm³/mol. The Labute approximate surface area is 158 Å². The van der Waals surface area contributed by atoms with Gasteiger partial charge in [0.15, 0.2) is 0 Å². The minimum Gasteiger partial charge on any atom is -0.324 e. The molecule has 28 heavy (non-hydrogen) atoms. The second-order valence-electron chi connectivity index (χ2n) is 6.44. The number of amides is 5. The number of benzene rings is 2. The van der Waals surface area contributed by atoms with E-state index in [9.17, 15) is 24.0 Å². The molecule has 1 saturated heterocycles. The van der Waals surface area contributed by atoms with Crippen LogP contribution in [-0.2, 0) is 15.2 Å². The van der Waals surface area contributed by atoms with Crippen molar-refractivity contribution in [3.63, 3.8) is 0 Å². The van der Waals surface area contributed by atoms with E-state index in [1.54, 1.807) is 18.2 Å². The minimum atomic E-state index is -1.36. The standard InChI is InChI=1S/C19H13N3O6/c1-19(17(26)20-18(27)21-19)11-6-4-5-10(9-11)16(25)28-22-14(23)12-7-2-3-8-13(12)15(22)24/h2-9H,1H3,(H2,20,21,26,27). The Kier molecular flexibility index (Phi) is 3.74. The lowest BCUT2D eigenvalue weighted by Crippen LogP contribution is -2.40. The van der Waals surface area contributed by atoms with E-state index in [4.69, 9.17) is 4.84 Å². The molecule has 9 nitrogen and oxygen atoms in total. The lowest BCUT2D eigenvalue weighted by Gasteiger charge is -2.21. The van der Waals surface area contributed by atoms with E-state index < -0.39 is 35.3 Å². The number of imide groups is 2. The van der Waals surface area contributed by atoms with E-state index in [-0.39, 0.29) is 16.7 Å². The van der Waals surface area contributed by atoms with Gasteiger partial charge in [-0.15, -0.1) is 0 Å². The smallest absolute Gasteiger partial charge is 0.324 e. The average molecular weight is 379 g/mol. The quantitative estimate of drug-likeness (QED) is 0.609. The number of nitrogens with one attached hydrogen (secondary N) is 2. The number of fused-ring (bicyclic) bond motifs is 1. The van der Waals surface area contributed by atoms with Crippen LogP contribution in [0.2, 0.25) is 0 Å². The van der Waals surface area contributed by atoms with Crippen molar-refractivity contribution < 1.29 is 28.8 Å². The van der Waals surface area contributed by atoms with E-state index in [1.165, 1.54) is 37.3 Å². The summed E-state index contributed by atoms with van der Waals surface area (Å²) in [4.78, 5) is 65.7. The van der Waals surface area contributed by atoms with Crippen LogP contribution >= 0.6 is 0 Å². The molecule has 4 rings (SSSR count). The average Bonchev–Trinajstić information content (AvgIpc) is 3.09. The second-order valence-corrected chi connectivity index (χ2v) is 6.44. The van der Waals surface area contributed by atoms with Crippen LogP contribution in [0.1, 0.15) is 43.6 Å². The van der Waals surface area contributed by atoms with Gasteiger partial charge in [-0.1, -0.05) is 29.3 Å². The molecule has 0 saturated carbocycles. The fraction of sp³-hybridized carbons (Fsp3) is 0.105. The monoisotopic (exact) mass is 379 g/mol. The van der Waals surface area contributed by atoms with E-state index in [0.29, 0.717) is 10.6 Å². The molecule has 140 valence electrons. The number of carbonyl (C=O) groups excluding carboxylic acids is 5. The van der Waals surface area contributed by atoms with Crippen LogP contribution in [0.3, 0.4) is 0 Å². The summed E-state index contributed by atoms with van der Waals surface area (Å²) in [7, 11) is 0. The van der Waals surface area contributed by atoms with Crippen molar-refractivity contribution in [3.05, 3.63) is 70.8 Å². The van der Waals surface area contributed by atoms with Crippen molar-refractivity contribution in [1.82, 2.24) is 15.7 Å². The van der Waals surface area contributed by atoms with E-state index in [2.05, 4.69) is 10.6 Å². The predicted octanol–water partition coefficient (Wildman–Crippen LogP) is 1.11. The van der Waals surface area contributed by atoms with E-state index in [0.717, 1.165) is 0 Å². The molecule has 1 fully saturated rings. The molecule has 2 aromatic carbocycles. The van der Waals surface area contributed by atoms with Crippen LogP contribution in [0.15, 0.2) is 48.5 Å². The van der Waals surface area contributed by atoms with Crippen molar-refractivity contribution in [2.45, 2.75) is 12.5 Å². The van der Waals surface area contributed by atoms with Crippen LogP contribution in [0, 0.1) is 0 Å². The maximum absolute atomic E-state index is 12.5. The van der Waals surface area contributed by atoms with Gasteiger partial charge in [-0.05, 0) is 36.8 Å². The zero-order valence-electron chi connectivity index (χ0n) is 14.5. The molecule has 0 aromatic heterocycles. The summed E-state index contributed by atoms with van der Waals surface area (Å²) < 4.78 is 0. The highest BCUT2D eigenvalue weighted by Crippen LogP contribution is 2.26. The number of carbonyl (C=O) groups is 5. The third-order valence-corrected chi connectivity index (χ3v) is 4.65. The Morgan fingerprint density at radius 1 is 0.964 bits per heavy atom. The maximum atomic E-state index is 12.5. The lowest BCUT2D eigenvalue weighted by atomic mass is 9.91.